The SMILES string of the molecule is COc1c(F)cc(F)cc1C(=O)C1CC2CCCC(C1)S2=O. The molecule has 2 heterocycles. The van der Waals surface area contributed by atoms with Gasteiger partial charge in [0.25, 0.3) is 0 Å². The molecule has 0 N–H and O–H groups in total. The number of fused-ring (bicyclic) bond motifs is 2. The molecule has 120 valence electrons. The number of rotatable bonds is 3. The van der Waals surface area contributed by atoms with E-state index < -0.39 is 22.4 Å². The Morgan fingerprint density at radius 3 is 2.45 bits per heavy atom. The average Bonchev–Trinajstić information content (AvgIpc) is 2.45. The lowest BCUT2D eigenvalue weighted by atomic mass is 9.84. The van der Waals surface area contributed by atoms with Gasteiger partial charge in [0.15, 0.2) is 17.3 Å². The van der Waals surface area contributed by atoms with Gasteiger partial charge in [0, 0.05) is 33.3 Å². The van der Waals surface area contributed by atoms with Crippen LogP contribution in [0.15, 0.2) is 12.1 Å². The van der Waals surface area contributed by atoms with Crippen molar-refractivity contribution >= 4 is 16.6 Å². The van der Waals surface area contributed by atoms with Crippen LogP contribution >= 0.6 is 0 Å². The standard InChI is InChI=1S/C16H18F2O3S/c1-21-16-13(7-10(17)8-14(16)18)15(19)9-5-11-3-2-4-12(6-9)22(11)20/h7-9,11-12H,2-6H2,1H3. The van der Waals surface area contributed by atoms with Crippen LogP contribution in [0.2, 0.25) is 0 Å². The second-order valence-electron chi connectivity index (χ2n) is 6.00. The molecule has 0 spiro atoms. The normalized spacial score (nSPS) is 30.9. The lowest BCUT2D eigenvalue weighted by Gasteiger charge is -2.37. The fraction of sp³-hybridized carbons (Fsp3) is 0.562. The number of methoxy groups -OCH3 is 1. The summed E-state index contributed by atoms with van der Waals surface area (Å²) in [6.07, 6.45) is 3.83. The molecule has 2 unspecified atom stereocenters. The predicted octanol–water partition coefficient (Wildman–Crippen LogP) is 3.24. The molecule has 2 aliphatic heterocycles. The van der Waals surface area contributed by atoms with Crippen molar-refractivity contribution in [3.8, 4) is 5.75 Å². The van der Waals surface area contributed by atoms with Gasteiger partial charge in [0.05, 0.1) is 12.7 Å². The molecule has 0 radical (unpaired) electrons. The highest BCUT2D eigenvalue weighted by atomic mass is 32.2. The summed E-state index contributed by atoms with van der Waals surface area (Å²) in [5, 5.41) is 0.0664. The van der Waals surface area contributed by atoms with E-state index in [9.17, 15) is 17.8 Å². The van der Waals surface area contributed by atoms with Crippen molar-refractivity contribution in [1.82, 2.24) is 0 Å². The fourth-order valence-corrected chi connectivity index (χ4v) is 5.81. The minimum absolute atomic E-state index is 0.0332. The maximum absolute atomic E-state index is 13.8. The van der Waals surface area contributed by atoms with Crippen molar-refractivity contribution in [3.63, 3.8) is 0 Å². The van der Waals surface area contributed by atoms with Gasteiger partial charge in [0.1, 0.15) is 5.82 Å². The van der Waals surface area contributed by atoms with Crippen LogP contribution < -0.4 is 4.74 Å². The number of Topliss-reactive ketones (excluding diaryl/α,β-unsaturated/α-hetero) is 1. The second-order valence-corrected chi connectivity index (χ2v) is 7.99. The monoisotopic (exact) mass is 328 g/mol. The molecule has 0 aliphatic carbocycles. The molecule has 2 bridgehead atoms. The minimum Gasteiger partial charge on any atom is -0.493 e. The molecule has 2 aliphatic rings. The highest BCUT2D eigenvalue weighted by Crippen LogP contribution is 2.39. The number of hydrogen-bond acceptors (Lipinski definition) is 3. The zero-order chi connectivity index (χ0) is 15.9. The lowest BCUT2D eigenvalue weighted by Crippen LogP contribution is -2.41. The maximum Gasteiger partial charge on any atom is 0.169 e. The Morgan fingerprint density at radius 1 is 1.23 bits per heavy atom. The highest BCUT2D eigenvalue weighted by molar-refractivity contribution is 7.86. The lowest BCUT2D eigenvalue weighted by molar-refractivity contribution is 0.0890. The summed E-state index contributed by atoms with van der Waals surface area (Å²) in [6, 6.07) is 1.74. The summed E-state index contributed by atoms with van der Waals surface area (Å²) in [6.45, 7) is 0. The Kier molecular flexibility index (Phi) is 4.30. The summed E-state index contributed by atoms with van der Waals surface area (Å²) >= 11 is 0. The molecule has 1 aromatic rings. The zero-order valence-corrected chi connectivity index (χ0v) is 13.1. The van der Waals surface area contributed by atoms with Gasteiger partial charge >= 0.3 is 0 Å². The van der Waals surface area contributed by atoms with Gasteiger partial charge in [-0.05, 0) is 31.7 Å². The predicted molar refractivity (Wildman–Crippen MR) is 79.5 cm³/mol. The third kappa shape index (κ3) is 2.69. The number of hydrogen-bond donors (Lipinski definition) is 0. The van der Waals surface area contributed by atoms with Gasteiger partial charge in [-0.15, -0.1) is 0 Å². The Morgan fingerprint density at radius 2 is 1.86 bits per heavy atom. The van der Waals surface area contributed by atoms with Gasteiger partial charge in [-0.25, -0.2) is 8.78 Å². The third-order valence-electron chi connectivity index (χ3n) is 4.65. The summed E-state index contributed by atoms with van der Waals surface area (Å²) in [5.41, 5.74) is -0.0456. The van der Waals surface area contributed by atoms with E-state index >= 15 is 0 Å². The molecular weight excluding hydrogens is 310 g/mol. The summed E-state index contributed by atoms with van der Waals surface area (Å²) in [5.74, 6) is -2.50. The van der Waals surface area contributed by atoms with E-state index in [1.165, 1.54) is 7.11 Å². The Balaban J connectivity index is 1.90. The molecule has 6 heteroatoms. The van der Waals surface area contributed by atoms with Gasteiger partial charge in [0.2, 0.25) is 0 Å². The quantitative estimate of drug-likeness (QED) is 0.800. The average molecular weight is 328 g/mol. The summed E-state index contributed by atoms with van der Waals surface area (Å²) in [7, 11) is 0.385. The van der Waals surface area contributed by atoms with E-state index in [0.717, 1.165) is 25.3 Å². The van der Waals surface area contributed by atoms with Crippen LogP contribution in [-0.4, -0.2) is 27.6 Å². The van der Waals surface area contributed by atoms with E-state index in [4.69, 9.17) is 4.74 Å². The number of benzene rings is 1. The van der Waals surface area contributed by atoms with Gasteiger partial charge in [-0.2, -0.15) is 0 Å². The molecule has 1 aromatic carbocycles. The van der Waals surface area contributed by atoms with Crippen molar-refractivity contribution < 1.29 is 22.5 Å². The fourth-order valence-electron chi connectivity index (χ4n) is 3.62. The zero-order valence-electron chi connectivity index (χ0n) is 12.3. The van der Waals surface area contributed by atoms with Crippen LogP contribution in [0.5, 0.6) is 5.75 Å². The van der Waals surface area contributed by atoms with E-state index in [1.54, 1.807) is 0 Å². The van der Waals surface area contributed by atoms with Gasteiger partial charge in [-0.3, -0.25) is 9.00 Å². The molecule has 2 saturated heterocycles. The largest absolute Gasteiger partial charge is 0.493 e. The van der Waals surface area contributed by atoms with Gasteiger partial charge in [-0.1, -0.05) is 6.42 Å². The Hall–Kier alpha value is -1.30. The van der Waals surface area contributed by atoms with Gasteiger partial charge < -0.3 is 4.74 Å². The molecule has 22 heavy (non-hydrogen) atoms. The second kappa shape index (κ2) is 6.07. The molecule has 0 amide bonds. The number of carbonyl (C=O) groups excluding carboxylic acids is 1. The number of ether oxygens (including phenoxy) is 1. The maximum atomic E-state index is 13.8. The smallest absolute Gasteiger partial charge is 0.169 e. The van der Waals surface area contributed by atoms with Crippen molar-refractivity contribution in [1.29, 1.82) is 0 Å². The van der Waals surface area contributed by atoms with E-state index in [1.807, 2.05) is 0 Å². The number of halogens is 2. The molecule has 3 nitrogen and oxygen atoms in total. The van der Waals surface area contributed by atoms with Crippen molar-refractivity contribution in [2.24, 2.45) is 5.92 Å². The first kappa shape index (κ1) is 15.6. The minimum atomic E-state index is -0.877. The molecule has 2 fully saturated rings. The molecular formula is C16H18F2O3S. The topological polar surface area (TPSA) is 43.4 Å². The van der Waals surface area contributed by atoms with E-state index in [0.29, 0.717) is 18.9 Å². The van der Waals surface area contributed by atoms with Crippen LogP contribution in [0.3, 0.4) is 0 Å². The molecule has 2 atom stereocenters. The first-order valence-electron chi connectivity index (χ1n) is 7.48. The summed E-state index contributed by atoms with van der Waals surface area (Å²) in [4.78, 5) is 12.7. The first-order valence-corrected chi connectivity index (χ1v) is 8.75. The first-order chi connectivity index (χ1) is 10.5. The number of carbonyl (C=O) groups is 1. The molecule has 0 aromatic heterocycles. The highest BCUT2D eigenvalue weighted by Gasteiger charge is 2.41. The van der Waals surface area contributed by atoms with Crippen LogP contribution in [0.1, 0.15) is 42.5 Å². The molecule has 3 rings (SSSR count). The Labute approximate surface area is 130 Å². The van der Waals surface area contributed by atoms with Crippen LogP contribution in [-0.2, 0) is 10.8 Å². The van der Waals surface area contributed by atoms with Crippen LogP contribution in [0.25, 0.3) is 0 Å². The van der Waals surface area contributed by atoms with E-state index in [-0.39, 0.29) is 33.5 Å². The van der Waals surface area contributed by atoms with Crippen molar-refractivity contribution in [3.05, 3.63) is 29.3 Å². The van der Waals surface area contributed by atoms with Crippen molar-refractivity contribution in [2.45, 2.75) is 42.6 Å². The van der Waals surface area contributed by atoms with Crippen LogP contribution in [0.4, 0.5) is 8.78 Å². The summed E-state index contributed by atoms with van der Waals surface area (Å²) < 4.78 is 44.4. The van der Waals surface area contributed by atoms with E-state index in [2.05, 4.69) is 0 Å². The van der Waals surface area contributed by atoms with Crippen LogP contribution in [0, 0.1) is 17.6 Å². The van der Waals surface area contributed by atoms with Crippen molar-refractivity contribution in [2.75, 3.05) is 7.11 Å². The Bertz CT molecular complexity index is 616. The number of ketones is 1. The third-order valence-corrected chi connectivity index (χ3v) is 6.82. The molecule has 0 saturated carbocycles.